The molecule has 1 aromatic carbocycles. The first-order valence-electron chi connectivity index (χ1n) is 6.63. The lowest BCUT2D eigenvalue weighted by molar-refractivity contribution is 0.00937. The molecule has 3 rings (SSSR count). The highest BCUT2D eigenvalue weighted by Gasteiger charge is 2.36. The third kappa shape index (κ3) is 2.95. The van der Waals surface area contributed by atoms with Gasteiger partial charge in [0.1, 0.15) is 15.9 Å². The van der Waals surface area contributed by atoms with Gasteiger partial charge in [-0.15, -0.1) is 0 Å². The van der Waals surface area contributed by atoms with Crippen LogP contribution in [0.1, 0.15) is 25.6 Å². The molecule has 1 atom stereocenters. The van der Waals surface area contributed by atoms with Gasteiger partial charge in [-0.1, -0.05) is 51.3 Å². The van der Waals surface area contributed by atoms with E-state index in [2.05, 4.69) is 25.9 Å². The Morgan fingerprint density at radius 1 is 1.24 bits per heavy atom. The third-order valence-corrected chi connectivity index (χ3v) is 4.67. The zero-order chi connectivity index (χ0) is 15.0. The Hall–Kier alpha value is -0.680. The van der Waals surface area contributed by atoms with Crippen molar-refractivity contribution in [3.8, 4) is 11.1 Å². The summed E-state index contributed by atoms with van der Waals surface area (Å²) in [6.07, 6.45) is 1.86. The third-order valence-electron chi connectivity index (χ3n) is 3.63. The molecule has 2 aromatic rings. The van der Waals surface area contributed by atoms with Crippen molar-refractivity contribution < 1.29 is 4.74 Å². The topological polar surface area (TPSA) is 35.0 Å². The van der Waals surface area contributed by atoms with Gasteiger partial charge in [-0.2, -0.15) is 0 Å². The molecular formula is C15H13BrCl2N2O. The molecule has 110 valence electrons. The summed E-state index contributed by atoms with van der Waals surface area (Å²) in [5, 5.41) is 0.694. The number of rotatable bonds is 2. The highest BCUT2D eigenvalue weighted by molar-refractivity contribution is 9.10. The van der Waals surface area contributed by atoms with Crippen LogP contribution in [-0.4, -0.2) is 16.6 Å². The van der Waals surface area contributed by atoms with E-state index >= 15 is 0 Å². The predicted molar refractivity (Wildman–Crippen MR) is 87.7 cm³/mol. The van der Waals surface area contributed by atoms with Gasteiger partial charge in [-0.05, 0) is 37.5 Å². The maximum atomic E-state index is 6.36. The van der Waals surface area contributed by atoms with Gasteiger partial charge in [0.15, 0.2) is 5.82 Å². The number of aromatic nitrogens is 2. The van der Waals surface area contributed by atoms with Gasteiger partial charge in [-0.3, -0.25) is 0 Å². The molecule has 0 bridgehead atoms. The molecule has 0 amide bonds. The predicted octanol–water partition coefficient (Wildman–Crippen LogP) is 5.24. The zero-order valence-corrected chi connectivity index (χ0v) is 14.5. The Labute approximate surface area is 141 Å². The largest absolute Gasteiger partial charge is 0.367 e. The minimum absolute atomic E-state index is 0.347. The molecule has 1 aromatic heterocycles. The van der Waals surface area contributed by atoms with Crippen LogP contribution in [0.4, 0.5) is 0 Å². The van der Waals surface area contributed by atoms with Crippen molar-refractivity contribution in [2.45, 2.75) is 25.4 Å². The summed E-state index contributed by atoms with van der Waals surface area (Å²) in [6, 6.07) is 7.72. The van der Waals surface area contributed by atoms with Gasteiger partial charge in [0, 0.05) is 11.1 Å². The summed E-state index contributed by atoms with van der Waals surface area (Å²) < 4.78 is 6.70. The molecule has 3 nitrogen and oxygen atoms in total. The smallest absolute Gasteiger partial charge is 0.163 e. The highest BCUT2D eigenvalue weighted by Crippen LogP contribution is 2.38. The highest BCUT2D eigenvalue weighted by atomic mass is 79.9. The molecule has 0 aliphatic carbocycles. The molecule has 1 unspecified atom stereocenters. The van der Waals surface area contributed by atoms with E-state index in [9.17, 15) is 0 Å². The molecule has 1 saturated heterocycles. The van der Waals surface area contributed by atoms with E-state index in [-0.39, 0.29) is 0 Å². The van der Waals surface area contributed by atoms with Crippen molar-refractivity contribution in [3.05, 3.63) is 44.9 Å². The molecule has 2 heterocycles. The van der Waals surface area contributed by atoms with Crippen LogP contribution in [0.25, 0.3) is 11.1 Å². The summed E-state index contributed by atoms with van der Waals surface area (Å²) in [4.78, 5) is 8.85. The lowest BCUT2D eigenvalue weighted by Gasteiger charge is -2.22. The van der Waals surface area contributed by atoms with Crippen LogP contribution in [-0.2, 0) is 10.3 Å². The van der Waals surface area contributed by atoms with E-state index in [1.54, 1.807) is 0 Å². The molecule has 0 radical (unpaired) electrons. The maximum Gasteiger partial charge on any atom is 0.163 e. The first kappa shape index (κ1) is 15.2. The van der Waals surface area contributed by atoms with Gasteiger partial charge in [-0.25, -0.2) is 9.97 Å². The molecular weight excluding hydrogens is 375 g/mol. The van der Waals surface area contributed by atoms with Crippen molar-refractivity contribution in [2.75, 3.05) is 6.61 Å². The van der Waals surface area contributed by atoms with Crippen LogP contribution in [0.2, 0.25) is 10.3 Å². The monoisotopic (exact) mass is 386 g/mol. The average Bonchev–Trinajstić information content (AvgIpc) is 2.86. The fraction of sp³-hybridized carbons (Fsp3) is 0.333. The van der Waals surface area contributed by atoms with E-state index in [1.165, 1.54) is 0 Å². The molecule has 1 aliphatic rings. The lowest BCUT2D eigenvalue weighted by atomic mass is 10.0. The van der Waals surface area contributed by atoms with Gasteiger partial charge in [0.2, 0.25) is 0 Å². The van der Waals surface area contributed by atoms with Crippen LogP contribution in [0.5, 0.6) is 0 Å². The van der Waals surface area contributed by atoms with E-state index in [1.807, 2.05) is 31.2 Å². The molecule has 21 heavy (non-hydrogen) atoms. The molecule has 1 aliphatic heterocycles. The number of hydrogen-bond donors (Lipinski definition) is 0. The summed E-state index contributed by atoms with van der Waals surface area (Å²) in [5.41, 5.74) is 1.02. The second-order valence-electron chi connectivity index (χ2n) is 5.20. The minimum Gasteiger partial charge on any atom is -0.367 e. The van der Waals surface area contributed by atoms with Gasteiger partial charge >= 0.3 is 0 Å². The van der Waals surface area contributed by atoms with Crippen molar-refractivity contribution in [2.24, 2.45) is 0 Å². The van der Waals surface area contributed by atoms with E-state index < -0.39 is 5.60 Å². The van der Waals surface area contributed by atoms with Crippen molar-refractivity contribution in [1.29, 1.82) is 0 Å². The zero-order valence-electron chi connectivity index (χ0n) is 11.4. The van der Waals surface area contributed by atoms with Crippen LogP contribution in [0, 0.1) is 0 Å². The van der Waals surface area contributed by atoms with Crippen molar-refractivity contribution in [3.63, 3.8) is 0 Å². The Bertz CT molecular complexity index is 664. The molecule has 0 N–H and O–H groups in total. The molecule has 0 saturated carbocycles. The molecule has 1 fully saturated rings. The maximum absolute atomic E-state index is 6.36. The van der Waals surface area contributed by atoms with Crippen LogP contribution >= 0.6 is 39.1 Å². The van der Waals surface area contributed by atoms with Gasteiger partial charge < -0.3 is 4.74 Å². The Balaban J connectivity index is 2.08. The average molecular weight is 388 g/mol. The fourth-order valence-electron chi connectivity index (χ4n) is 2.48. The van der Waals surface area contributed by atoms with E-state index in [4.69, 9.17) is 27.9 Å². The quantitative estimate of drug-likeness (QED) is 0.661. The first-order chi connectivity index (χ1) is 9.99. The number of ether oxygens (including phenoxy) is 1. The number of hydrogen-bond acceptors (Lipinski definition) is 3. The Morgan fingerprint density at radius 2 is 1.95 bits per heavy atom. The second kappa shape index (κ2) is 5.84. The van der Waals surface area contributed by atoms with E-state index in [0.29, 0.717) is 28.3 Å². The Morgan fingerprint density at radius 3 is 2.52 bits per heavy atom. The summed E-state index contributed by atoms with van der Waals surface area (Å²) in [6.45, 7) is 2.68. The van der Waals surface area contributed by atoms with Crippen molar-refractivity contribution >= 4 is 39.1 Å². The summed E-state index contributed by atoms with van der Waals surface area (Å²) in [7, 11) is 0. The standard InChI is InChI=1S/C15H13BrCl2N2O/c1-15(6-3-7-21-15)14-19-12(17)11(13(18)20-14)9-4-2-5-10(16)8-9/h2,4-5,8H,3,6-7H2,1H3. The number of nitrogens with zero attached hydrogens (tertiary/aromatic N) is 2. The van der Waals surface area contributed by atoms with Crippen molar-refractivity contribution in [1.82, 2.24) is 9.97 Å². The van der Waals surface area contributed by atoms with Crippen LogP contribution in [0.3, 0.4) is 0 Å². The Kier molecular flexibility index (Phi) is 4.23. The van der Waals surface area contributed by atoms with E-state index in [0.717, 1.165) is 22.9 Å². The second-order valence-corrected chi connectivity index (χ2v) is 6.83. The van der Waals surface area contributed by atoms with Crippen LogP contribution < -0.4 is 0 Å². The summed E-state index contributed by atoms with van der Waals surface area (Å²) in [5.74, 6) is 0.550. The van der Waals surface area contributed by atoms with Gasteiger partial charge in [0.05, 0.1) is 5.56 Å². The normalized spacial score (nSPS) is 21.7. The SMILES string of the molecule is CC1(c2nc(Cl)c(-c3cccc(Br)c3)c(Cl)n2)CCCO1. The number of halogens is 3. The summed E-state index contributed by atoms with van der Waals surface area (Å²) >= 11 is 16.1. The molecule has 0 spiro atoms. The minimum atomic E-state index is -0.497. The fourth-order valence-corrected chi connectivity index (χ4v) is 3.49. The molecule has 6 heteroatoms. The number of benzene rings is 1. The van der Waals surface area contributed by atoms with Crippen LogP contribution in [0.15, 0.2) is 28.7 Å². The first-order valence-corrected chi connectivity index (χ1v) is 8.18. The lowest BCUT2D eigenvalue weighted by Crippen LogP contribution is -2.23. The van der Waals surface area contributed by atoms with Gasteiger partial charge in [0.25, 0.3) is 0 Å².